The first-order valence-corrected chi connectivity index (χ1v) is 5.55. The van der Waals surface area contributed by atoms with E-state index in [1.54, 1.807) is 18.3 Å². The third-order valence-corrected chi connectivity index (χ3v) is 2.81. The topological polar surface area (TPSA) is 68.7 Å². The monoisotopic (exact) mass is 236 g/mol. The van der Waals surface area contributed by atoms with E-state index < -0.39 is 5.97 Å². The maximum Gasteiger partial charge on any atom is 0.339 e. The van der Waals surface area contributed by atoms with Crippen LogP contribution in [0.4, 0.5) is 5.82 Å². The summed E-state index contributed by atoms with van der Waals surface area (Å²) in [6.45, 7) is 3.63. The molecule has 0 atom stereocenters. The SMILES string of the molecule is CN1CCN(Nc2ncccc2C(=O)O)CC1. The van der Waals surface area contributed by atoms with Crippen LogP contribution in [0, 0.1) is 0 Å². The number of aromatic nitrogens is 1. The summed E-state index contributed by atoms with van der Waals surface area (Å²) in [4.78, 5) is 17.3. The molecule has 0 bridgehead atoms. The molecule has 0 aromatic carbocycles. The van der Waals surface area contributed by atoms with Crippen LogP contribution in [0.1, 0.15) is 10.4 Å². The Kier molecular flexibility index (Phi) is 3.55. The van der Waals surface area contributed by atoms with Crippen LogP contribution in [0.5, 0.6) is 0 Å². The lowest BCUT2D eigenvalue weighted by atomic mass is 10.2. The zero-order chi connectivity index (χ0) is 12.3. The minimum atomic E-state index is -0.963. The van der Waals surface area contributed by atoms with Gasteiger partial charge in [0.05, 0.1) is 0 Å². The van der Waals surface area contributed by atoms with Crippen LogP contribution in [0.15, 0.2) is 18.3 Å². The zero-order valence-corrected chi connectivity index (χ0v) is 9.76. The number of pyridine rings is 1. The number of carboxylic acids is 1. The lowest BCUT2D eigenvalue weighted by molar-refractivity contribution is 0.0697. The number of hydrazine groups is 1. The molecule has 1 aliphatic heterocycles. The first-order chi connectivity index (χ1) is 8.16. The molecule has 1 saturated heterocycles. The van der Waals surface area contributed by atoms with Crippen LogP contribution in [0.25, 0.3) is 0 Å². The van der Waals surface area contributed by atoms with Crippen molar-refractivity contribution < 1.29 is 9.90 Å². The highest BCUT2D eigenvalue weighted by Crippen LogP contribution is 2.12. The Bertz CT molecular complexity index is 402. The van der Waals surface area contributed by atoms with Gasteiger partial charge in [0.2, 0.25) is 0 Å². The Balaban J connectivity index is 2.05. The third-order valence-electron chi connectivity index (χ3n) is 2.81. The molecule has 0 aliphatic carbocycles. The number of anilines is 1. The van der Waals surface area contributed by atoms with Crippen LogP contribution < -0.4 is 5.43 Å². The maximum absolute atomic E-state index is 11.0. The molecule has 1 aromatic rings. The third kappa shape index (κ3) is 2.92. The van der Waals surface area contributed by atoms with Gasteiger partial charge in [0.25, 0.3) is 0 Å². The minimum absolute atomic E-state index is 0.200. The lowest BCUT2D eigenvalue weighted by Gasteiger charge is -2.32. The van der Waals surface area contributed by atoms with E-state index in [9.17, 15) is 4.79 Å². The second-order valence-electron chi connectivity index (χ2n) is 4.11. The van der Waals surface area contributed by atoms with Gasteiger partial charge in [0.1, 0.15) is 5.56 Å². The molecule has 0 radical (unpaired) electrons. The molecular weight excluding hydrogens is 220 g/mol. The van der Waals surface area contributed by atoms with E-state index in [-0.39, 0.29) is 5.56 Å². The van der Waals surface area contributed by atoms with Gasteiger partial charge < -0.3 is 15.4 Å². The quantitative estimate of drug-likeness (QED) is 0.789. The summed E-state index contributed by atoms with van der Waals surface area (Å²) in [7, 11) is 2.07. The van der Waals surface area contributed by atoms with Crippen molar-refractivity contribution >= 4 is 11.8 Å². The van der Waals surface area contributed by atoms with Crippen molar-refractivity contribution in [3.63, 3.8) is 0 Å². The van der Waals surface area contributed by atoms with Gasteiger partial charge in [0.15, 0.2) is 5.82 Å². The van der Waals surface area contributed by atoms with Gasteiger partial charge in [0, 0.05) is 32.4 Å². The lowest BCUT2D eigenvalue weighted by Crippen LogP contribution is -2.47. The van der Waals surface area contributed by atoms with Gasteiger partial charge in [-0.15, -0.1) is 0 Å². The van der Waals surface area contributed by atoms with Gasteiger partial charge >= 0.3 is 5.97 Å². The highest BCUT2D eigenvalue weighted by Gasteiger charge is 2.17. The number of hydrogen-bond acceptors (Lipinski definition) is 5. The molecule has 0 saturated carbocycles. The number of nitrogens with one attached hydrogen (secondary N) is 1. The number of aromatic carboxylic acids is 1. The van der Waals surface area contributed by atoms with Gasteiger partial charge in [-0.1, -0.05) is 0 Å². The van der Waals surface area contributed by atoms with Gasteiger partial charge in [-0.05, 0) is 19.2 Å². The second kappa shape index (κ2) is 5.11. The average Bonchev–Trinajstić information content (AvgIpc) is 2.32. The van der Waals surface area contributed by atoms with Crippen LogP contribution in [0.2, 0.25) is 0 Å². The Labute approximate surface area is 99.8 Å². The predicted octanol–water partition coefficient (Wildman–Crippen LogP) is 0.354. The number of piperazine rings is 1. The van der Waals surface area contributed by atoms with E-state index in [0.29, 0.717) is 5.82 Å². The number of hydrogen-bond donors (Lipinski definition) is 2. The number of carbonyl (C=O) groups is 1. The van der Waals surface area contributed by atoms with Crippen LogP contribution in [-0.2, 0) is 0 Å². The highest BCUT2D eigenvalue weighted by molar-refractivity contribution is 5.92. The smallest absolute Gasteiger partial charge is 0.339 e. The largest absolute Gasteiger partial charge is 0.478 e. The molecule has 1 fully saturated rings. The Hall–Kier alpha value is -1.66. The molecule has 2 N–H and O–H groups in total. The van der Waals surface area contributed by atoms with Crippen molar-refractivity contribution in [1.82, 2.24) is 14.9 Å². The summed E-state index contributed by atoms with van der Waals surface area (Å²) in [5, 5.41) is 11.0. The highest BCUT2D eigenvalue weighted by atomic mass is 16.4. The number of nitrogens with zero attached hydrogens (tertiary/aromatic N) is 3. The summed E-state index contributed by atoms with van der Waals surface area (Å²) in [6, 6.07) is 3.17. The molecule has 0 unspecified atom stereocenters. The zero-order valence-electron chi connectivity index (χ0n) is 9.76. The number of carboxylic acid groups (broad SMARTS) is 1. The second-order valence-corrected chi connectivity index (χ2v) is 4.11. The summed E-state index contributed by atoms with van der Waals surface area (Å²) in [6.07, 6.45) is 1.59. The Morgan fingerprint density at radius 2 is 2.12 bits per heavy atom. The standard InChI is InChI=1S/C11H16N4O2/c1-14-5-7-15(8-6-14)13-10-9(11(16)17)3-2-4-12-10/h2-4H,5-8H2,1H3,(H,12,13)(H,16,17). The Morgan fingerprint density at radius 3 is 2.76 bits per heavy atom. The van der Waals surface area contributed by atoms with Crippen LogP contribution in [-0.4, -0.2) is 59.2 Å². The summed E-state index contributed by atoms with van der Waals surface area (Å²) in [5.41, 5.74) is 3.27. The van der Waals surface area contributed by atoms with E-state index >= 15 is 0 Å². The molecule has 6 heteroatoms. The summed E-state index contributed by atoms with van der Waals surface area (Å²) >= 11 is 0. The molecule has 1 aromatic heterocycles. The van der Waals surface area contributed by atoms with E-state index in [4.69, 9.17) is 5.11 Å². The fraction of sp³-hybridized carbons (Fsp3) is 0.455. The van der Waals surface area contributed by atoms with Crippen LogP contribution >= 0.6 is 0 Å². The number of rotatable bonds is 3. The first-order valence-electron chi connectivity index (χ1n) is 5.55. The van der Waals surface area contributed by atoms with Gasteiger partial charge in [-0.2, -0.15) is 0 Å². The molecule has 92 valence electrons. The Morgan fingerprint density at radius 1 is 1.41 bits per heavy atom. The van der Waals surface area contributed by atoms with Crippen LogP contribution in [0.3, 0.4) is 0 Å². The van der Waals surface area contributed by atoms with E-state index in [2.05, 4.69) is 22.4 Å². The van der Waals surface area contributed by atoms with Crippen molar-refractivity contribution in [2.75, 3.05) is 38.7 Å². The van der Waals surface area contributed by atoms with E-state index in [1.807, 2.05) is 5.01 Å². The van der Waals surface area contributed by atoms with Crippen molar-refractivity contribution in [3.05, 3.63) is 23.9 Å². The maximum atomic E-state index is 11.0. The molecule has 1 aliphatic rings. The normalized spacial score (nSPS) is 17.9. The van der Waals surface area contributed by atoms with Gasteiger partial charge in [-0.25, -0.2) is 14.8 Å². The molecule has 0 amide bonds. The molecular formula is C11H16N4O2. The molecule has 6 nitrogen and oxygen atoms in total. The molecule has 17 heavy (non-hydrogen) atoms. The van der Waals surface area contributed by atoms with Crippen molar-refractivity contribution in [3.8, 4) is 0 Å². The first kappa shape index (κ1) is 11.8. The molecule has 2 heterocycles. The summed E-state index contributed by atoms with van der Waals surface area (Å²) < 4.78 is 0. The number of likely N-dealkylation sites (N-methyl/N-ethyl adjacent to an activating group) is 1. The van der Waals surface area contributed by atoms with E-state index in [0.717, 1.165) is 26.2 Å². The fourth-order valence-corrected chi connectivity index (χ4v) is 1.73. The fourth-order valence-electron chi connectivity index (χ4n) is 1.73. The predicted molar refractivity (Wildman–Crippen MR) is 63.9 cm³/mol. The summed E-state index contributed by atoms with van der Waals surface area (Å²) in [5.74, 6) is -0.556. The van der Waals surface area contributed by atoms with E-state index in [1.165, 1.54) is 0 Å². The minimum Gasteiger partial charge on any atom is -0.478 e. The van der Waals surface area contributed by atoms with Crippen molar-refractivity contribution in [1.29, 1.82) is 0 Å². The average molecular weight is 236 g/mol. The van der Waals surface area contributed by atoms with Crippen molar-refractivity contribution in [2.45, 2.75) is 0 Å². The van der Waals surface area contributed by atoms with Gasteiger partial charge in [-0.3, -0.25) is 0 Å². The molecule has 2 rings (SSSR count). The van der Waals surface area contributed by atoms with Crippen molar-refractivity contribution in [2.24, 2.45) is 0 Å². The molecule has 0 spiro atoms.